The zero-order valence-corrected chi connectivity index (χ0v) is 7.14. The van der Waals surface area contributed by atoms with Crippen molar-refractivity contribution in [2.24, 2.45) is 0 Å². The molecule has 0 radical (unpaired) electrons. The van der Waals surface area contributed by atoms with Crippen LogP contribution in [-0.2, 0) is 18.7 Å². The lowest BCUT2D eigenvalue weighted by Gasteiger charge is -2.08. The van der Waals surface area contributed by atoms with E-state index in [4.69, 9.17) is 15.1 Å². The molecule has 0 rings (SSSR count). The SMILES string of the molecule is O=P(O)(OCCO)OOCCO. The van der Waals surface area contributed by atoms with Crippen LogP contribution in [0.15, 0.2) is 0 Å². The fraction of sp³-hybridized carbons (Fsp3) is 1.00. The maximum atomic E-state index is 10.6. The summed E-state index contributed by atoms with van der Waals surface area (Å²) in [5.41, 5.74) is 0. The average molecular weight is 202 g/mol. The minimum absolute atomic E-state index is 0.229. The van der Waals surface area contributed by atoms with Gasteiger partial charge in [-0.2, -0.15) is 0 Å². The highest BCUT2D eigenvalue weighted by atomic mass is 31.2. The van der Waals surface area contributed by atoms with Gasteiger partial charge in [0.2, 0.25) is 0 Å². The summed E-state index contributed by atoms with van der Waals surface area (Å²) in [6.45, 7) is -1.28. The summed E-state index contributed by atoms with van der Waals surface area (Å²) in [7, 11) is -4.23. The zero-order valence-electron chi connectivity index (χ0n) is 6.25. The van der Waals surface area contributed by atoms with Gasteiger partial charge in [0.15, 0.2) is 0 Å². The Labute approximate surface area is 69.0 Å². The summed E-state index contributed by atoms with van der Waals surface area (Å²) in [5, 5.41) is 16.4. The molecular formula is C4H11O7P. The molecule has 7 nitrogen and oxygen atoms in total. The minimum Gasteiger partial charge on any atom is -0.394 e. The Bertz CT molecular complexity index is 148. The van der Waals surface area contributed by atoms with Crippen LogP contribution in [0.1, 0.15) is 0 Å². The van der Waals surface area contributed by atoms with Crippen LogP contribution in [0.3, 0.4) is 0 Å². The molecule has 3 N–H and O–H groups in total. The van der Waals surface area contributed by atoms with Gasteiger partial charge in [-0.15, -0.1) is 4.67 Å². The summed E-state index contributed by atoms with van der Waals surface area (Å²) < 4.78 is 18.7. The topological polar surface area (TPSA) is 105 Å². The van der Waals surface area contributed by atoms with Crippen LogP contribution in [0, 0.1) is 0 Å². The fourth-order valence-corrected chi connectivity index (χ4v) is 0.882. The van der Waals surface area contributed by atoms with Crippen LogP contribution in [0.2, 0.25) is 0 Å². The van der Waals surface area contributed by atoms with Crippen LogP contribution in [-0.4, -0.2) is 41.5 Å². The second kappa shape index (κ2) is 6.50. The first kappa shape index (κ1) is 12.0. The number of rotatable bonds is 7. The van der Waals surface area contributed by atoms with Crippen molar-refractivity contribution in [3.63, 3.8) is 0 Å². The molecule has 0 spiro atoms. The molecule has 0 aliphatic carbocycles. The second-order valence-electron chi connectivity index (χ2n) is 1.65. The Morgan fingerprint density at radius 1 is 1.17 bits per heavy atom. The van der Waals surface area contributed by atoms with E-state index in [1.807, 2.05) is 0 Å². The number of aliphatic hydroxyl groups is 2. The Morgan fingerprint density at radius 2 is 1.75 bits per heavy atom. The monoisotopic (exact) mass is 202 g/mol. The molecule has 0 saturated carbocycles. The molecular weight excluding hydrogens is 191 g/mol. The van der Waals surface area contributed by atoms with E-state index in [-0.39, 0.29) is 19.8 Å². The van der Waals surface area contributed by atoms with Crippen molar-refractivity contribution in [3.8, 4) is 0 Å². The predicted molar refractivity (Wildman–Crippen MR) is 37.0 cm³/mol. The quantitative estimate of drug-likeness (QED) is 0.211. The number of hydrogen-bond donors (Lipinski definition) is 3. The molecule has 0 aromatic rings. The molecule has 1 unspecified atom stereocenters. The third-order valence-corrected chi connectivity index (χ3v) is 1.47. The van der Waals surface area contributed by atoms with Gasteiger partial charge in [-0.3, -0.25) is 4.52 Å². The molecule has 0 fully saturated rings. The molecule has 0 aliphatic rings. The normalized spacial score (nSPS) is 15.9. The van der Waals surface area contributed by atoms with Crippen molar-refractivity contribution < 1.29 is 33.8 Å². The van der Waals surface area contributed by atoms with Crippen molar-refractivity contribution in [2.45, 2.75) is 0 Å². The van der Waals surface area contributed by atoms with Gasteiger partial charge in [-0.25, -0.2) is 9.45 Å². The maximum absolute atomic E-state index is 10.6. The molecule has 0 heterocycles. The van der Waals surface area contributed by atoms with Crippen molar-refractivity contribution in [1.82, 2.24) is 0 Å². The van der Waals surface area contributed by atoms with Crippen LogP contribution in [0.4, 0.5) is 0 Å². The van der Waals surface area contributed by atoms with Crippen LogP contribution in [0.5, 0.6) is 0 Å². The summed E-state index contributed by atoms with van der Waals surface area (Å²) in [6.07, 6.45) is 0. The van der Waals surface area contributed by atoms with Crippen molar-refractivity contribution >= 4 is 7.82 Å². The Morgan fingerprint density at radius 3 is 2.25 bits per heavy atom. The van der Waals surface area contributed by atoms with Gasteiger partial charge < -0.3 is 15.1 Å². The van der Waals surface area contributed by atoms with Gasteiger partial charge in [0, 0.05) is 0 Å². The van der Waals surface area contributed by atoms with E-state index < -0.39 is 14.4 Å². The second-order valence-corrected chi connectivity index (χ2v) is 2.99. The Hall–Kier alpha value is -0.0100. The predicted octanol–water partition coefficient (Wildman–Crippen LogP) is -0.964. The number of phosphoric acid groups is 1. The van der Waals surface area contributed by atoms with Gasteiger partial charge in [0.25, 0.3) is 0 Å². The first-order chi connectivity index (χ1) is 5.62. The Balaban J connectivity index is 3.49. The van der Waals surface area contributed by atoms with Crippen LogP contribution in [0.25, 0.3) is 0 Å². The lowest BCUT2D eigenvalue weighted by molar-refractivity contribution is -0.229. The van der Waals surface area contributed by atoms with Gasteiger partial charge >= 0.3 is 7.82 Å². The van der Waals surface area contributed by atoms with E-state index in [0.29, 0.717) is 0 Å². The van der Waals surface area contributed by atoms with Crippen molar-refractivity contribution in [1.29, 1.82) is 0 Å². The number of aliphatic hydroxyl groups excluding tert-OH is 2. The first-order valence-corrected chi connectivity index (χ1v) is 4.62. The first-order valence-electron chi connectivity index (χ1n) is 3.12. The smallest absolute Gasteiger partial charge is 0.394 e. The summed E-state index contributed by atoms with van der Waals surface area (Å²) in [6, 6.07) is 0. The highest BCUT2D eigenvalue weighted by molar-refractivity contribution is 7.47. The van der Waals surface area contributed by atoms with Crippen LogP contribution >= 0.6 is 7.82 Å². The molecule has 0 aromatic carbocycles. The van der Waals surface area contributed by atoms with E-state index in [1.165, 1.54) is 0 Å². The van der Waals surface area contributed by atoms with Crippen molar-refractivity contribution in [3.05, 3.63) is 0 Å². The van der Waals surface area contributed by atoms with Gasteiger partial charge in [-0.1, -0.05) is 0 Å². The summed E-state index contributed by atoms with van der Waals surface area (Å²) >= 11 is 0. The molecule has 0 aromatic heterocycles. The molecule has 0 aliphatic heterocycles. The van der Waals surface area contributed by atoms with Gasteiger partial charge in [0.1, 0.15) is 6.61 Å². The molecule has 0 saturated heterocycles. The average Bonchev–Trinajstić information content (AvgIpc) is 2.01. The van der Waals surface area contributed by atoms with Gasteiger partial charge in [0.05, 0.1) is 19.8 Å². The lowest BCUT2D eigenvalue weighted by Crippen LogP contribution is -2.03. The summed E-state index contributed by atoms with van der Waals surface area (Å²) in [5.74, 6) is 0. The molecule has 74 valence electrons. The van der Waals surface area contributed by atoms with E-state index >= 15 is 0 Å². The van der Waals surface area contributed by atoms with E-state index in [0.717, 1.165) is 0 Å². The van der Waals surface area contributed by atoms with Crippen LogP contribution < -0.4 is 0 Å². The molecule has 12 heavy (non-hydrogen) atoms. The highest BCUT2D eigenvalue weighted by Gasteiger charge is 2.21. The van der Waals surface area contributed by atoms with E-state index in [1.54, 1.807) is 0 Å². The number of phosphoric ester groups is 1. The highest BCUT2D eigenvalue weighted by Crippen LogP contribution is 2.42. The van der Waals surface area contributed by atoms with Crippen molar-refractivity contribution in [2.75, 3.05) is 26.4 Å². The molecule has 8 heteroatoms. The third-order valence-electron chi connectivity index (χ3n) is 0.667. The lowest BCUT2D eigenvalue weighted by atomic mass is 10.8. The Kier molecular flexibility index (Phi) is 6.49. The van der Waals surface area contributed by atoms with E-state index in [9.17, 15) is 4.57 Å². The zero-order chi connectivity index (χ0) is 9.45. The fourth-order valence-electron chi connectivity index (χ4n) is 0.319. The molecule has 1 atom stereocenters. The third kappa shape index (κ3) is 6.68. The minimum atomic E-state index is -4.23. The summed E-state index contributed by atoms with van der Waals surface area (Å²) in [4.78, 5) is 12.7. The maximum Gasteiger partial charge on any atom is 0.499 e. The number of hydrogen-bond acceptors (Lipinski definition) is 6. The van der Waals surface area contributed by atoms with E-state index in [2.05, 4.69) is 14.1 Å². The largest absolute Gasteiger partial charge is 0.499 e. The molecule has 0 amide bonds. The van der Waals surface area contributed by atoms with Gasteiger partial charge in [-0.05, 0) is 0 Å². The standard InChI is InChI=1S/C4H11O7P/c5-1-3-9-11-12(7,8)10-4-2-6/h5-6H,1-4H2,(H,7,8). The molecule has 0 bridgehead atoms.